The number of para-hydroxylation sites is 2. The highest BCUT2D eigenvalue weighted by Crippen LogP contribution is 2.20. The molecule has 0 radical (unpaired) electrons. The van der Waals surface area contributed by atoms with Crippen molar-refractivity contribution in [3.05, 3.63) is 66.0 Å². The summed E-state index contributed by atoms with van der Waals surface area (Å²) in [5, 5.41) is 0. The van der Waals surface area contributed by atoms with E-state index < -0.39 is 0 Å². The molecule has 22 heavy (non-hydrogen) atoms. The van der Waals surface area contributed by atoms with Crippen LogP contribution in [0.1, 0.15) is 31.7 Å². The van der Waals surface area contributed by atoms with Gasteiger partial charge in [-0.25, -0.2) is 4.98 Å². The van der Waals surface area contributed by atoms with Gasteiger partial charge in [0, 0.05) is 6.54 Å². The van der Waals surface area contributed by atoms with Crippen molar-refractivity contribution in [1.82, 2.24) is 9.55 Å². The summed E-state index contributed by atoms with van der Waals surface area (Å²) in [6, 6.07) is 18.7. The molecule has 0 N–H and O–H groups in total. The maximum absolute atomic E-state index is 4.79. The van der Waals surface area contributed by atoms with Crippen LogP contribution in [-0.4, -0.2) is 9.55 Å². The highest BCUT2D eigenvalue weighted by Gasteiger charge is 2.10. The van der Waals surface area contributed by atoms with Gasteiger partial charge in [-0.2, -0.15) is 0 Å². The number of nitrogens with zero attached hydrogens (tertiary/aromatic N) is 2. The summed E-state index contributed by atoms with van der Waals surface area (Å²) in [5.74, 6) is 1.67. The van der Waals surface area contributed by atoms with Gasteiger partial charge in [-0.3, -0.25) is 0 Å². The second-order valence-corrected chi connectivity index (χ2v) is 5.83. The Kier molecular flexibility index (Phi) is 4.38. The summed E-state index contributed by atoms with van der Waals surface area (Å²) in [6.07, 6.45) is 5.43. The molecule has 2 heteroatoms. The van der Waals surface area contributed by atoms with Crippen LogP contribution in [0.5, 0.6) is 0 Å². The first kappa shape index (κ1) is 14.6. The molecule has 3 aromatic rings. The molecule has 2 aromatic carbocycles. The number of benzene rings is 2. The molecule has 0 aliphatic rings. The van der Waals surface area contributed by atoms with Crippen LogP contribution in [0.25, 0.3) is 23.2 Å². The van der Waals surface area contributed by atoms with Gasteiger partial charge < -0.3 is 4.57 Å². The molecular weight excluding hydrogens is 268 g/mol. The summed E-state index contributed by atoms with van der Waals surface area (Å²) in [5.41, 5.74) is 3.48. The molecule has 0 unspecified atom stereocenters. The van der Waals surface area contributed by atoms with Gasteiger partial charge >= 0.3 is 0 Å². The highest BCUT2D eigenvalue weighted by atomic mass is 15.1. The molecule has 1 heterocycles. The second-order valence-electron chi connectivity index (χ2n) is 5.83. The SMILES string of the molecule is CC[C@H](C)Cn1c(/C=C/c2ccccc2)nc2ccccc21. The van der Waals surface area contributed by atoms with E-state index in [4.69, 9.17) is 4.98 Å². The van der Waals surface area contributed by atoms with Gasteiger partial charge in [0.2, 0.25) is 0 Å². The molecule has 0 aliphatic carbocycles. The summed E-state index contributed by atoms with van der Waals surface area (Å²) in [6.45, 7) is 5.54. The summed E-state index contributed by atoms with van der Waals surface area (Å²) >= 11 is 0. The fraction of sp³-hybridized carbons (Fsp3) is 0.250. The van der Waals surface area contributed by atoms with Crippen LogP contribution in [0.4, 0.5) is 0 Å². The number of fused-ring (bicyclic) bond motifs is 1. The summed E-state index contributed by atoms with van der Waals surface area (Å²) in [7, 11) is 0. The third-order valence-electron chi connectivity index (χ3n) is 4.10. The molecular formula is C20H22N2. The van der Waals surface area contributed by atoms with Crippen molar-refractivity contribution < 1.29 is 0 Å². The lowest BCUT2D eigenvalue weighted by Crippen LogP contribution is -2.08. The van der Waals surface area contributed by atoms with E-state index in [1.807, 2.05) is 12.1 Å². The van der Waals surface area contributed by atoms with E-state index in [1.165, 1.54) is 17.5 Å². The number of hydrogen-bond donors (Lipinski definition) is 0. The lowest BCUT2D eigenvalue weighted by molar-refractivity contribution is 0.474. The average molecular weight is 290 g/mol. The van der Waals surface area contributed by atoms with Crippen molar-refractivity contribution in [2.45, 2.75) is 26.8 Å². The number of aromatic nitrogens is 2. The van der Waals surface area contributed by atoms with E-state index in [0.717, 1.165) is 17.9 Å². The first-order valence-electron chi connectivity index (χ1n) is 7.96. The van der Waals surface area contributed by atoms with Crippen LogP contribution in [0.3, 0.4) is 0 Å². The van der Waals surface area contributed by atoms with Gasteiger partial charge in [-0.15, -0.1) is 0 Å². The molecule has 1 aromatic heterocycles. The quantitative estimate of drug-likeness (QED) is 0.627. The highest BCUT2D eigenvalue weighted by molar-refractivity contribution is 5.79. The molecule has 0 aliphatic heterocycles. The Labute approximate surface area is 132 Å². The molecule has 0 saturated heterocycles. The molecule has 1 atom stereocenters. The van der Waals surface area contributed by atoms with Gasteiger partial charge in [0.15, 0.2) is 0 Å². The normalized spacial score (nSPS) is 13.0. The van der Waals surface area contributed by atoms with Crippen molar-refractivity contribution in [1.29, 1.82) is 0 Å². The first-order chi connectivity index (χ1) is 10.8. The van der Waals surface area contributed by atoms with Crippen molar-refractivity contribution in [2.75, 3.05) is 0 Å². The fourth-order valence-corrected chi connectivity index (χ4v) is 2.59. The van der Waals surface area contributed by atoms with Gasteiger partial charge in [0.05, 0.1) is 11.0 Å². The Morgan fingerprint density at radius 3 is 2.50 bits per heavy atom. The largest absolute Gasteiger partial charge is 0.324 e. The Balaban J connectivity index is 2.00. The van der Waals surface area contributed by atoms with E-state index in [9.17, 15) is 0 Å². The van der Waals surface area contributed by atoms with E-state index in [2.05, 4.69) is 73.0 Å². The topological polar surface area (TPSA) is 17.8 Å². The zero-order chi connectivity index (χ0) is 15.4. The predicted octanol–water partition coefficient (Wildman–Crippen LogP) is 5.25. The van der Waals surface area contributed by atoms with E-state index in [-0.39, 0.29) is 0 Å². The first-order valence-corrected chi connectivity index (χ1v) is 7.96. The standard InChI is InChI=1S/C20H22N2/c1-3-16(2)15-22-19-12-8-7-11-18(19)21-20(22)14-13-17-9-5-4-6-10-17/h4-14,16H,3,15H2,1-2H3/b14-13+/t16-/m0/s1. The molecule has 0 spiro atoms. The Morgan fingerprint density at radius 2 is 1.73 bits per heavy atom. The van der Waals surface area contributed by atoms with Crippen LogP contribution in [0.15, 0.2) is 54.6 Å². The maximum atomic E-state index is 4.79. The smallest absolute Gasteiger partial charge is 0.133 e. The van der Waals surface area contributed by atoms with Gasteiger partial charge in [-0.05, 0) is 29.7 Å². The van der Waals surface area contributed by atoms with Crippen LogP contribution in [0.2, 0.25) is 0 Å². The van der Waals surface area contributed by atoms with Crippen molar-refractivity contribution in [3.8, 4) is 0 Å². The molecule has 0 amide bonds. The minimum absolute atomic E-state index is 0.640. The average Bonchev–Trinajstić information content (AvgIpc) is 2.91. The lowest BCUT2D eigenvalue weighted by Gasteiger charge is -2.12. The number of rotatable bonds is 5. The number of imidazole rings is 1. The molecule has 0 fully saturated rings. The van der Waals surface area contributed by atoms with E-state index in [1.54, 1.807) is 0 Å². The fourth-order valence-electron chi connectivity index (χ4n) is 2.59. The minimum atomic E-state index is 0.640. The molecule has 0 saturated carbocycles. The summed E-state index contributed by atoms with van der Waals surface area (Å²) in [4.78, 5) is 4.79. The van der Waals surface area contributed by atoms with E-state index in [0.29, 0.717) is 5.92 Å². The van der Waals surface area contributed by atoms with Crippen LogP contribution < -0.4 is 0 Å². The zero-order valence-electron chi connectivity index (χ0n) is 13.2. The Hall–Kier alpha value is -2.35. The molecule has 112 valence electrons. The molecule has 3 rings (SSSR count). The van der Waals surface area contributed by atoms with Crippen LogP contribution >= 0.6 is 0 Å². The zero-order valence-corrected chi connectivity index (χ0v) is 13.2. The van der Waals surface area contributed by atoms with Crippen LogP contribution in [0, 0.1) is 5.92 Å². The number of hydrogen-bond acceptors (Lipinski definition) is 1. The molecule has 2 nitrogen and oxygen atoms in total. The predicted molar refractivity (Wildman–Crippen MR) is 94.6 cm³/mol. The Morgan fingerprint density at radius 1 is 1.00 bits per heavy atom. The minimum Gasteiger partial charge on any atom is -0.324 e. The van der Waals surface area contributed by atoms with E-state index >= 15 is 0 Å². The van der Waals surface area contributed by atoms with Crippen molar-refractivity contribution in [3.63, 3.8) is 0 Å². The summed E-state index contributed by atoms with van der Waals surface area (Å²) < 4.78 is 2.34. The van der Waals surface area contributed by atoms with Gasteiger partial charge in [-0.1, -0.05) is 68.8 Å². The monoisotopic (exact) mass is 290 g/mol. The molecule has 0 bridgehead atoms. The van der Waals surface area contributed by atoms with Gasteiger partial charge in [0.25, 0.3) is 0 Å². The second kappa shape index (κ2) is 6.61. The van der Waals surface area contributed by atoms with Gasteiger partial charge in [0.1, 0.15) is 5.82 Å². The lowest BCUT2D eigenvalue weighted by atomic mass is 10.1. The Bertz CT molecular complexity index is 769. The van der Waals surface area contributed by atoms with Crippen molar-refractivity contribution >= 4 is 23.2 Å². The third kappa shape index (κ3) is 3.11. The van der Waals surface area contributed by atoms with Crippen LogP contribution in [-0.2, 0) is 6.54 Å². The third-order valence-corrected chi connectivity index (χ3v) is 4.10. The van der Waals surface area contributed by atoms with Crippen molar-refractivity contribution in [2.24, 2.45) is 5.92 Å². The maximum Gasteiger partial charge on any atom is 0.133 e.